The van der Waals surface area contributed by atoms with Gasteiger partial charge in [-0.2, -0.15) is 0 Å². The Balaban J connectivity index is 2.12. The molecule has 1 aromatic rings. The fourth-order valence-electron chi connectivity index (χ4n) is 1.65. The maximum absolute atomic E-state index is 10.7. The number of hydrogen-bond donors (Lipinski definition) is 1. The fourth-order valence-corrected chi connectivity index (χ4v) is 2.70. The second-order valence-electron chi connectivity index (χ2n) is 3.47. The van der Waals surface area contributed by atoms with Crippen LogP contribution in [0.25, 0.3) is 0 Å². The molecule has 0 bridgehead atoms. The highest BCUT2D eigenvalue weighted by Crippen LogP contribution is 2.27. The number of aromatic nitrogens is 1. The largest absolute Gasteiger partial charge is 0.481 e. The Kier molecular flexibility index (Phi) is 3.63. The highest BCUT2D eigenvalue weighted by atomic mass is 35.5. The lowest BCUT2D eigenvalue weighted by Crippen LogP contribution is -2.46. The maximum Gasteiger partial charge on any atom is 0.305 e. The molecule has 1 aliphatic heterocycles. The van der Waals surface area contributed by atoms with Gasteiger partial charge in [0.1, 0.15) is 5.15 Å². The molecule has 2 rings (SSSR count). The van der Waals surface area contributed by atoms with Gasteiger partial charge >= 0.3 is 5.97 Å². The van der Waals surface area contributed by atoms with Crippen LogP contribution in [0.5, 0.6) is 0 Å². The quantitative estimate of drug-likeness (QED) is 0.894. The minimum absolute atomic E-state index is 0.0528. The second-order valence-corrected chi connectivity index (χ2v) is 4.70. The summed E-state index contributed by atoms with van der Waals surface area (Å²) in [6.45, 7) is 1.67. The fraction of sp³-hybridized carbons (Fsp3) is 0.556. The van der Waals surface area contributed by atoms with Crippen molar-refractivity contribution in [3.63, 3.8) is 0 Å². The average Bonchev–Trinajstić information content (AvgIpc) is 2.65. The van der Waals surface area contributed by atoms with Crippen molar-refractivity contribution in [2.75, 3.05) is 24.7 Å². The number of aliphatic carboxylic acids is 1. The van der Waals surface area contributed by atoms with Crippen LogP contribution >= 0.6 is 22.9 Å². The van der Waals surface area contributed by atoms with E-state index in [1.54, 1.807) is 5.38 Å². The monoisotopic (exact) mass is 262 g/mol. The standard InChI is InChI=1S/C9H11ClN2O3S/c10-7-5-16-9(11-7)12-1-2-15-4-6(12)3-8(13)14/h5-6H,1-4H2,(H,13,14). The van der Waals surface area contributed by atoms with Gasteiger partial charge in [-0.15, -0.1) is 11.3 Å². The zero-order valence-corrected chi connectivity index (χ0v) is 10.00. The molecule has 7 heteroatoms. The second kappa shape index (κ2) is 4.99. The summed E-state index contributed by atoms with van der Waals surface area (Å²) in [7, 11) is 0. The topological polar surface area (TPSA) is 62.7 Å². The van der Waals surface area contributed by atoms with Gasteiger partial charge in [-0.05, 0) is 0 Å². The lowest BCUT2D eigenvalue weighted by Gasteiger charge is -2.34. The van der Waals surface area contributed by atoms with Crippen LogP contribution in [0.1, 0.15) is 6.42 Å². The summed E-state index contributed by atoms with van der Waals surface area (Å²) in [6.07, 6.45) is 0.0528. The molecule has 0 aromatic carbocycles. The Morgan fingerprint density at radius 2 is 2.62 bits per heavy atom. The summed E-state index contributed by atoms with van der Waals surface area (Å²) in [5.41, 5.74) is 0. The first kappa shape index (κ1) is 11.6. The summed E-state index contributed by atoms with van der Waals surface area (Å²) in [4.78, 5) is 16.8. The van der Waals surface area contributed by atoms with Gasteiger partial charge in [0.05, 0.1) is 25.7 Å². The Morgan fingerprint density at radius 3 is 3.25 bits per heavy atom. The molecule has 88 valence electrons. The molecule has 1 N–H and O–H groups in total. The molecular weight excluding hydrogens is 252 g/mol. The Morgan fingerprint density at radius 1 is 1.81 bits per heavy atom. The molecule has 5 nitrogen and oxygen atoms in total. The van der Waals surface area contributed by atoms with Crippen molar-refractivity contribution in [2.45, 2.75) is 12.5 Å². The van der Waals surface area contributed by atoms with Gasteiger partial charge in [0.25, 0.3) is 0 Å². The summed E-state index contributed by atoms with van der Waals surface area (Å²) >= 11 is 7.18. The average molecular weight is 263 g/mol. The summed E-state index contributed by atoms with van der Waals surface area (Å²) in [6, 6.07) is -0.159. The van der Waals surface area contributed by atoms with Gasteiger partial charge in [0.2, 0.25) is 0 Å². The molecule has 1 saturated heterocycles. The first-order valence-corrected chi connectivity index (χ1v) is 6.10. The van der Waals surface area contributed by atoms with Crippen molar-refractivity contribution in [1.82, 2.24) is 4.98 Å². The molecule has 0 radical (unpaired) electrons. The van der Waals surface area contributed by atoms with Crippen molar-refractivity contribution >= 4 is 34.0 Å². The number of hydrogen-bond acceptors (Lipinski definition) is 5. The lowest BCUT2D eigenvalue weighted by atomic mass is 10.2. The summed E-state index contributed by atoms with van der Waals surface area (Å²) in [5.74, 6) is -0.830. The van der Waals surface area contributed by atoms with E-state index in [0.29, 0.717) is 24.9 Å². The van der Waals surface area contributed by atoms with Crippen LogP contribution < -0.4 is 4.90 Å². The van der Waals surface area contributed by atoms with Crippen LogP contribution in [0.3, 0.4) is 0 Å². The van der Waals surface area contributed by atoms with Gasteiger partial charge in [-0.3, -0.25) is 4.79 Å². The smallest absolute Gasteiger partial charge is 0.305 e. The lowest BCUT2D eigenvalue weighted by molar-refractivity contribution is -0.138. The highest BCUT2D eigenvalue weighted by molar-refractivity contribution is 7.14. The van der Waals surface area contributed by atoms with E-state index in [-0.39, 0.29) is 12.5 Å². The molecule has 16 heavy (non-hydrogen) atoms. The zero-order chi connectivity index (χ0) is 11.5. The third-order valence-corrected chi connectivity index (χ3v) is 3.55. The number of nitrogens with zero attached hydrogens (tertiary/aromatic N) is 2. The van der Waals surface area contributed by atoms with E-state index in [1.165, 1.54) is 11.3 Å². The number of ether oxygens (including phenoxy) is 1. The number of thiazole rings is 1. The van der Waals surface area contributed by atoms with Gasteiger partial charge in [0, 0.05) is 11.9 Å². The molecule has 2 heterocycles. The molecule has 1 fully saturated rings. The van der Waals surface area contributed by atoms with Gasteiger partial charge in [-0.25, -0.2) is 4.98 Å². The first-order chi connectivity index (χ1) is 7.66. The SMILES string of the molecule is O=C(O)CC1COCCN1c1nc(Cl)cs1. The number of anilines is 1. The van der Waals surface area contributed by atoms with E-state index in [1.807, 2.05) is 4.90 Å². The zero-order valence-electron chi connectivity index (χ0n) is 8.43. The number of carbonyl (C=O) groups is 1. The van der Waals surface area contributed by atoms with Gasteiger partial charge in [0.15, 0.2) is 5.13 Å². The molecule has 1 atom stereocenters. The van der Waals surface area contributed by atoms with Crippen LogP contribution in [0, 0.1) is 0 Å². The Labute approximate surface area is 102 Å². The number of rotatable bonds is 3. The van der Waals surface area contributed by atoms with Crippen molar-refractivity contribution in [3.8, 4) is 0 Å². The normalized spacial score (nSPS) is 21.1. The summed E-state index contributed by atoms with van der Waals surface area (Å²) < 4.78 is 5.28. The van der Waals surface area contributed by atoms with Crippen LogP contribution in [-0.4, -0.2) is 41.9 Å². The van der Waals surface area contributed by atoms with E-state index >= 15 is 0 Å². The number of carboxylic acids is 1. The van der Waals surface area contributed by atoms with E-state index in [2.05, 4.69) is 4.98 Å². The molecular formula is C9H11ClN2O3S. The van der Waals surface area contributed by atoms with Gasteiger partial charge in [-0.1, -0.05) is 11.6 Å². The molecule has 1 aliphatic rings. The van der Waals surface area contributed by atoms with Crippen molar-refractivity contribution in [3.05, 3.63) is 10.5 Å². The van der Waals surface area contributed by atoms with Crippen LogP contribution in [-0.2, 0) is 9.53 Å². The predicted octanol–water partition coefficient (Wildman–Crippen LogP) is 1.48. The van der Waals surface area contributed by atoms with E-state index in [9.17, 15) is 4.79 Å². The van der Waals surface area contributed by atoms with Crippen LogP contribution in [0.2, 0.25) is 5.15 Å². The molecule has 0 amide bonds. The van der Waals surface area contributed by atoms with E-state index < -0.39 is 5.97 Å². The third kappa shape index (κ3) is 2.63. The maximum atomic E-state index is 10.7. The first-order valence-electron chi connectivity index (χ1n) is 4.84. The summed E-state index contributed by atoms with van der Waals surface area (Å²) in [5, 5.41) is 11.8. The van der Waals surface area contributed by atoms with Gasteiger partial charge < -0.3 is 14.7 Å². The number of carboxylic acid groups (broad SMARTS) is 1. The number of halogens is 1. The van der Waals surface area contributed by atoms with Crippen molar-refractivity contribution < 1.29 is 14.6 Å². The van der Waals surface area contributed by atoms with Crippen molar-refractivity contribution in [1.29, 1.82) is 0 Å². The molecule has 1 unspecified atom stereocenters. The van der Waals surface area contributed by atoms with E-state index in [4.69, 9.17) is 21.4 Å². The van der Waals surface area contributed by atoms with Crippen LogP contribution in [0.15, 0.2) is 5.38 Å². The highest BCUT2D eigenvalue weighted by Gasteiger charge is 2.27. The minimum Gasteiger partial charge on any atom is -0.481 e. The Hall–Kier alpha value is -0.850. The molecule has 0 saturated carbocycles. The third-order valence-electron chi connectivity index (χ3n) is 2.35. The van der Waals surface area contributed by atoms with Crippen molar-refractivity contribution in [2.24, 2.45) is 0 Å². The molecule has 0 spiro atoms. The predicted molar refractivity (Wildman–Crippen MR) is 61.3 cm³/mol. The molecule has 1 aromatic heterocycles. The number of morpholine rings is 1. The Bertz CT molecular complexity index is 385. The van der Waals surface area contributed by atoms with Crippen LogP contribution in [0.4, 0.5) is 5.13 Å². The molecule has 0 aliphatic carbocycles. The minimum atomic E-state index is -0.830. The van der Waals surface area contributed by atoms with E-state index in [0.717, 1.165) is 5.13 Å².